The second kappa shape index (κ2) is 8.61. The first kappa shape index (κ1) is 16.5. The highest BCUT2D eigenvalue weighted by atomic mass is 35.5. The fourth-order valence-corrected chi connectivity index (χ4v) is 1.73. The summed E-state index contributed by atoms with van der Waals surface area (Å²) < 4.78 is 5.41. The summed E-state index contributed by atoms with van der Waals surface area (Å²) in [7, 11) is 0. The topological polar surface area (TPSA) is 61.7 Å². The molecule has 0 aliphatic carbocycles. The number of halogens is 2. The Kier molecular flexibility index (Phi) is 7.49. The molecule has 0 bridgehead atoms. The van der Waals surface area contributed by atoms with E-state index in [0.717, 1.165) is 0 Å². The molecule has 2 atom stereocenters. The summed E-state index contributed by atoms with van der Waals surface area (Å²) in [6.07, 6.45) is -0.652. The van der Waals surface area contributed by atoms with Gasteiger partial charge < -0.3 is 20.3 Å². The van der Waals surface area contributed by atoms with Gasteiger partial charge in [0.15, 0.2) is 0 Å². The molecule has 4 nitrogen and oxygen atoms in total. The number of rotatable bonds is 8. The standard InChI is InChI=1S/C13H19Cl2NO3/c1-9(7-17)5-16-6-11(18)8-19-13-4-10(14)2-3-12(13)15/h2-4,9,11,16-18H,5-8H2,1H3. The average molecular weight is 308 g/mol. The summed E-state index contributed by atoms with van der Waals surface area (Å²) in [6, 6.07) is 4.93. The van der Waals surface area contributed by atoms with E-state index in [1.54, 1.807) is 18.2 Å². The van der Waals surface area contributed by atoms with Crippen LogP contribution in [0.2, 0.25) is 10.0 Å². The first-order chi connectivity index (χ1) is 9.02. The first-order valence-corrected chi connectivity index (χ1v) is 6.86. The molecule has 0 saturated carbocycles. The van der Waals surface area contributed by atoms with Crippen LogP contribution >= 0.6 is 23.2 Å². The molecular weight excluding hydrogens is 289 g/mol. The Hall–Kier alpha value is -0.520. The molecule has 0 aromatic heterocycles. The van der Waals surface area contributed by atoms with Gasteiger partial charge in [0, 0.05) is 24.2 Å². The van der Waals surface area contributed by atoms with E-state index in [0.29, 0.717) is 28.9 Å². The molecule has 108 valence electrons. The fraction of sp³-hybridized carbons (Fsp3) is 0.538. The second-order valence-electron chi connectivity index (χ2n) is 4.49. The molecule has 2 unspecified atom stereocenters. The monoisotopic (exact) mass is 307 g/mol. The zero-order valence-electron chi connectivity index (χ0n) is 10.8. The summed E-state index contributed by atoms with van der Waals surface area (Å²) >= 11 is 11.8. The van der Waals surface area contributed by atoms with Gasteiger partial charge in [0.2, 0.25) is 0 Å². The van der Waals surface area contributed by atoms with Gasteiger partial charge in [0.1, 0.15) is 18.5 Å². The van der Waals surface area contributed by atoms with Crippen molar-refractivity contribution in [2.45, 2.75) is 13.0 Å². The van der Waals surface area contributed by atoms with Gasteiger partial charge in [-0.25, -0.2) is 0 Å². The van der Waals surface area contributed by atoms with Crippen molar-refractivity contribution in [2.75, 3.05) is 26.3 Å². The molecule has 0 aliphatic heterocycles. The van der Waals surface area contributed by atoms with Crippen molar-refractivity contribution in [3.63, 3.8) is 0 Å². The van der Waals surface area contributed by atoms with Crippen molar-refractivity contribution in [3.8, 4) is 5.75 Å². The predicted octanol–water partition coefficient (Wildman–Crippen LogP) is 1.95. The lowest BCUT2D eigenvalue weighted by molar-refractivity contribution is 0.104. The largest absolute Gasteiger partial charge is 0.489 e. The molecular formula is C13H19Cl2NO3. The van der Waals surface area contributed by atoms with Crippen molar-refractivity contribution >= 4 is 23.2 Å². The number of ether oxygens (including phenoxy) is 1. The van der Waals surface area contributed by atoms with Crippen LogP contribution < -0.4 is 10.1 Å². The maximum absolute atomic E-state index is 9.73. The number of hydrogen-bond acceptors (Lipinski definition) is 4. The first-order valence-electron chi connectivity index (χ1n) is 6.10. The molecule has 1 aromatic carbocycles. The van der Waals surface area contributed by atoms with Crippen molar-refractivity contribution in [3.05, 3.63) is 28.2 Å². The highest BCUT2D eigenvalue weighted by Gasteiger charge is 2.08. The number of benzene rings is 1. The van der Waals surface area contributed by atoms with Crippen LogP contribution in [0.5, 0.6) is 5.75 Å². The van der Waals surface area contributed by atoms with Crippen LogP contribution in [0, 0.1) is 5.92 Å². The molecule has 0 spiro atoms. The molecule has 0 amide bonds. The summed E-state index contributed by atoms with van der Waals surface area (Å²) in [5, 5.41) is 22.6. The molecule has 0 fully saturated rings. The molecule has 0 saturated heterocycles. The third-order valence-electron chi connectivity index (χ3n) is 2.51. The molecule has 3 N–H and O–H groups in total. The van der Waals surface area contributed by atoms with E-state index >= 15 is 0 Å². The zero-order chi connectivity index (χ0) is 14.3. The van der Waals surface area contributed by atoms with Gasteiger partial charge in [-0.3, -0.25) is 0 Å². The molecule has 6 heteroatoms. The summed E-state index contributed by atoms with van der Waals surface area (Å²) in [6.45, 7) is 3.20. The van der Waals surface area contributed by atoms with E-state index in [1.807, 2.05) is 6.92 Å². The summed E-state index contributed by atoms with van der Waals surface area (Å²) in [5.41, 5.74) is 0. The summed E-state index contributed by atoms with van der Waals surface area (Å²) in [5.74, 6) is 0.618. The molecule has 19 heavy (non-hydrogen) atoms. The van der Waals surface area contributed by atoms with Crippen molar-refractivity contribution in [1.82, 2.24) is 5.32 Å². The van der Waals surface area contributed by atoms with Crippen LogP contribution in [-0.2, 0) is 0 Å². The Bertz CT molecular complexity index is 390. The Morgan fingerprint density at radius 2 is 2.05 bits per heavy atom. The highest BCUT2D eigenvalue weighted by Crippen LogP contribution is 2.27. The Morgan fingerprint density at radius 1 is 1.32 bits per heavy atom. The quantitative estimate of drug-likeness (QED) is 0.687. The van der Waals surface area contributed by atoms with Gasteiger partial charge >= 0.3 is 0 Å². The fourth-order valence-electron chi connectivity index (χ4n) is 1.39. The van der Waals surface area contributed by atoms with Crippen LogP contribution in [0.25, 0.3) is 0 Å². The van der Waals surface area contributed by atoms with Gasteiger partial charge in [-0.1, -0.05) is 30.1 Å². The smallest absolute Gasteiger partial charge is 0.139 e. The third kappa shape index (κ3) is 6.45. The number of aliphatic hydroxyl groups is 2. The Balaban J connectivity index is 2.29. The highest BCUT2D eigenvalue weighted by molar-refractivity contribution is 6.34. The SMILES string of the molecule is CC(CO)CNCC(O)COc1cc(Cl)ccc1Cl. The second-order valence-corrected chi connectivity index (χ2v) is 5.33. The Morgan fingerprint density at radius 3 is 2.74 bits per heavy atom. The summed E-state index contributed by atoms with van der Waals surface area (Å²) in [4.78, 5) is 0. The minimum atomic E-state index is -0.652. The number of nitrogens with one attached hydrogen (secondary N) is 1. The van der Waals surface area contributed by atoms with E-state index in [-0.39, 0.29) is 19.1 Å². The van der Waals surface area contributed by atoms with Crippen LogP contribution in [0.3, 0.4) is 0 Å². The lowest BCUT2D eigenvalue weighted by Crippen LogP contribution is -2.34. The van der Waals surface area contributed by atoms with Crippen molar-refractivity contribution in [1.29, 1.82) is 0 Å². The van der Waals surface area contributed by atoms with Crippen LogP contribution in [0.4, 0.5) is 0 Å². The van der Waals surface area contributed by atoms with Crippen LogP contribution in [0.1, 0.15) is 6.92 Å². The maximum atomic E-state index is 9.73. The molecule has 0 heterocycles. The number of aliphatic hydroxyl groups excluding tert-OH is 2. The maximum Gasteiger partial charge on any atom is 0.139 e. The van der Waals surface area contributed by atoms with Gasteiger partial charge in [0.05, 0.1) is 5.02 Å². The van der Waals surface area contributed by atoms with E-state index in [4.69, 9.17) is 33.0 Å². The molecule has 1 rings (SSSR count). The predicted molar refractivity (Wildman–Crippen MR) is 77.1 cm³/mol. The molecule has 0 aliphatic rings. The van der Waals surface area contributed by atoms with Crippen LogP contribution in [-0.4, -0.2) is 42.6 Å². The Labute approximate surface area is 123 Å². The zero-order valence-corrected chi connectivity index (χ0v) is 12.3. The molecule has 0 radical (unpaired) electrons. The normalized spacial score (nSPS) is 14.2. The van der Waals surface area contributed by atoms with Gasteiger partial charge in [-0.05, 0) is 24.6 Å². The lowest BCUT2D eigenvalue weighted by Gasteiger charge is -2.15. The van der Waals surface area contributed by atoms with E-state index < -0.39 is 6.10 Å². The van der Waals surface area contributed by atoms with Gasteiger partial charge in [-0.2, -0.15) is 0 Å². The van der Waals surface area contributed by atoms with Crippen molar-refractivity contribution < 1.29 is 14.9 Å². The molecule has 1 aromatic rings. The third-order valence-corrected chi connectivity index (χ3v) is 3.06. The van der Waals surface area contributed by atoms with E-state index in [9.17, 15) is 5.11 Å². The van der Waals surface area contributed by atoms with Gasteiger partial charge in [-0.15, -0.1) is 0 Å². The van der Waals surface area contributed by atoms with E-state index in [2.05, 4.69) is 5.32 Å². The van der Waals surface area contributed by atoms with E-state index in [1.165, 1.54) is 0 Å². The van der Waals surface area contributed by atoms with Gasteiger partial charge in [0.25, 0.3) is 0 Å². The van der Waals surface area contributed by atoms with Crippen molar-refractivity contribution in [2.24, 2.45) is 5.92 Å². The lowest BCUT2D eigenvalue weighted by atomic mass is 10.2. The average Bonchev–Trinajstić information content (AvgIpc) is 2.39. The number of hydrogen-bond donors (Lipinski definition) is 3. The minimum absolute atomic E-state index is 0.123. The van der Waals surface area contributed by atoms with Crippen LogP contribution in [0.15, 0.2) is 18.2 Å². The minimum Gasteiger partial charge on any atom is -0.489 e.